The highest BCUT2D eigenvalue weighted by Gasteiger charge is 2.22. The Morgan fingerprint density at radius 3 is 3.15 bits per heavy atom. The predicted molar refractivity (Wildman–Crippen MR) is 76.6 cm³/mol. The molecular weight excluding hydrogens is 252 g/mol. The number of rotatable bonds is 5. The number of ether oxygens (including phenoxy) is 1. The van der Waals surface area contributed by atoms with E-state index in [2.05, 4.69) is 29.5 Å². The van der Waals surface area contributed by atoms with Crippen molar-refractivity contribution in [2.75, 3.05) is 6.54 Å². The predicted octanol–water partition coefficient (Wildman–Crippen LogP) is 3.24. The molecule has 0 saturated carbocycles. The summed E-state index contributed by atoms with van der Waals surface area (Å²) in [7, 11) is 0. The van der Waals surface area contributed by atoms with Gasteiger partial charge in [-0.3, -0.25) is 0 Å². The Bertz CT molecular complexity index is 552. The minimum absolute atomic E-state index is 0.433. The fraction of sp³-hybridized carbons (Fsp3) is 0.438. The lowest BCUT2D eigenvalue weighted by Crippen LogP contribution is -2.25. The maximum Gasteiger partial charge on any atom is 0.174 e. The summed E-state index contributed by atoms with van der Waals surface area (Å²) in [5.74, 6) is 1.73. The lowest BCUT2D eigenvalue weighted by molar-refractivity contribution is 0.246. The zero-order valence-electron chi connectivity index (χ0n) is 11.8. The van der Waals surface area contributed by atoms with E-state index in [1.54, 1.807) is 6.20 Å². The largest absolute Gasteiger partial charge is 0.485 e. The van der Waals surface area contributed by atoms with Crippen LogP contribution in [0.15, 0.2) is 35.0 Å². The van der Waals surface area contributed by atoms with Gasteiger partial charge in [0.05, 0.1) is 6.20 Å². The van der Waals surface area contributed by atoms with Gasteiger partial charge in [-0.25, -0.2) is 0 Å². The van der Waals surface area contributed by atoms with Gasteiger partial charge in [0, 0.05) is 12.1 Å². The molecule has 1 aliphatic rings. The van der Waals surface area contributed by atoms with Crippen LogP contribution in [0, 0.1) is 0 Å². The molecule has 20 heavy (non-hydrogen) atoms. The van der Waals surface area contributed by atoms with Gasteiger partial charge in [-0.05, 0) is 43.0 Å². The second-order valence-electron chi connectivity index (χ2n) is 5.09. The van der Waals surface area contributed by atoms with E-state index in [9.17, 15) is 0 Å². The molecule has 4 heteroatoms. The maximum absolute atomic E-state index is 5.91. The first-order chi connectivity index (χ1) is 9.88. The Balaban J connectivity index is 1.80. The summed E-state index contributed by atoms with van der Waals surface area (Å²) in [5.41, 5.74) is 2.72. The average Bonchev–Trinajstić information content (AvgIpc) is 2.99. The van der Waals surface area contributed by atoms with Crippen LogP contribution < -0.4 is 10.1 Å². The van der Waals surface area contributed by atoms with Crippen molar-refractivity contribution < 1.29 is 9.26 Å². The molecule has 3 rings (SSSR count). The highest BCUT2D eigenvalue weighted by molar-refractivity contribution is 5.43. The van der Waals surface area contributed by atoms with E-state index in [1.807, 2.05) is 12.1 Å². The summed E-state index contributed by atoms with van der Waals surface area (Å²) in [6.45, 7) is 3.58. The Morgan fingerprint density at radius 1 is 1.40 bits per heavy atom. The summed E-state index contributed by atoms with van der Waals surface area (Å²) in [4.78, 5) is 0. The van der Waals surface area contributed by atoms with Gasteiger partial charge < -0.3 is 14.6 Å². The molecule has 0 bridgehead atoms. The van der Waals surface area contributed by atoms with Gasteiger partial charge in [0.1, 0.15) is 12.4 Å². The van der Waals surface area contributed by atoms with Gasteiger partial charge in [0.2, 0.25) is 0 Å². The number of nitrogens with zero attached hydrogens (tertiary/aromatic N) is 1. The standard InChI is InChI=1S/C16H20N2O2/c1-2-17-15-7-3-6-14-13(15)5-4-8-16(14)19-11-12-9-10-18-20-12/h4-5,8-10,15,17H,2-3,6-7,11H2,1H3. The molecule has 1 N–H and O–H groups in total. The average molecular weight is 272 g/mol. The second kappa shape index (κ2) is 6.09. The number of nitrogens with one attached hydrogen (secondary N) is 1. The lowest BCUT2D eigenvalue weighted by atomic mass is 9.87. The number of aromatic nitrogens is 1. The van der Waals surface area contributed by atoms with E-state index >= 15 is 0 Å². The summed E-state index contributed by atoms with van der Waals surface area (Å²) in [6.07, 6.45) is 5.13. The molecule has 0 fully saturated rings. The molecule has 1 heterocycles. The summed E-state index contributed by atoms with van der Waals surface area (Å²) in [6, 6.07) is 8.62. The molecular formula is C16H20N2O2. The summed E-state index contributed by atoms with van der Waals surface area (Å²) >= 11 is 0. The number of fused-ring (bicyclic) bond motifs is 1. The van der Waals surface area contributed by atoms with Crippen LogP contribution in [0.3, 0.4) is 0 Å². The first-order valence-electron chi connectivity index (χ1n) is 7.26. The zero-order valence-corrected chi connectivity index (χ0v) is 11.8. The van der Waals surface area contributed by atoms with Crippen molar-refractivity contribution in [3.63, 3.8) is 0 Å². The van der Waals surface area contributed by atoms with Crippen LogP contribution in [-0.2, 0) is 13.0 Å². The van der Waals surface area contributed by atoms with Crippen LogP contribution in [0.4, 0.5) is 0 Å². The normalized spacial score (nSPS) is 17.8. The molecule has 0 spiro atoms. The molecule has 2 aromatic rings. The molecule has 4 nitrogen and oxygen atoms in total. The van der Waals surface area contributed by atoms with Gasteiger partial charge in [0.25, 0.3) is 0 Å². The van der Waals surface area contributed by atoms with Crippen molar-refractivity contribution in [3.05, 3.63) is 47.3 Å². The second-order valence-corrected chi connectivity index (χ2v) is 5.09. The van der Waals surface area contributed by atoms with E-state index in [1.165, 1.54) is 24.0 Å². The van der Waals surface area contributed by atoms with Crippen LogP contribution in [0.25, 0.3) is 0 Å². The molecule has 1 atom stereocenters. The van der Waals surface area contributed by atoms with Crippen LogP contribution in [0.2, 0.25) is 0 Å². The quantitative estimate of drug-likeness (QED) is 0.907. The van der Waals surface area contributed by atoms with E-state index in [4.69, 9.17) is 9.26 Å². The van der Waals surface area contributed by atoms with Crippen LogP contribution in [-0.4, -0.2) is 11.7 Å². The molecule has 1 aromatic heterocycles. The minimum atomic E-state index is 0.433. The third kappa shape index (κ3) is 2.70. The van der Waals surface area contributed by atoms with Crippen molar-refractivity contribution in [1.82, 2.24) is 10.5 Å². The number of hydrogen-bond donors (Lipinski definition) is 1. The molecule has 0 amide bonds. The monoisotopic (exact) mass is 272 g/mol. The van der Waals surface area contributed by atoms with Crippen LogP contribution in [0.5, 0.6) is 5.75 Å². The molecule has 1 unspecified atom stereocenters. The van der Waals surface area contributed by atoms with Crippen molar-refractivity contribution in [2.24, 2.45) is 0 Å². The minimum Gasteiger partial charge on any atom is -0.485 e. The van der Waals surface area contributed by atoms with E-state index < -0.39 is 0 Å². The Labute approximate surface area is 119 Å². The van der Waals surface area contributed by atoms with E-state index in [0.29, 0.717) is 12.6 Å². The maximum atomic E-state index is 5.91. The first-order valence-corrected chi connectivity index (χ1v) is 7.26. The molecule has 106 valence electrons. The van der Waals surface area contributed by atoms with Crippen LogP contribution >= 0.6 is 0 Å². The SMILES string of the molecule is CCNC1CCCc2c(OCc3ccno3)cccc21. The summed E-state index contributed by atoms with van der Waals surface area (Å²) in [5, 5.41) is 7.25. The highest BCUT2D eigenvalue weighted by Crippen LogP contribution is 2.35. The van der Waals surface area contributed by atoms with E-state index in [-0.39, 0.29) is 0 Å². The fourth-order valence-electron chi connectivity index (χ4n) is 2.87. The number of benzene rings is 1. The molecule has 1 aromatic carbocycles. The van der Waals surface area contributed by atoms with Gasteiger partial charge in [-0.15, -0.1) is 0 Å². The topological polar surface area (TPSA) is 47.3 Å². The fourth-order valence-corrected chi connectivity index (χ4v) is 2.87. The third-order valence-corrected chi connectivity index (χ3v) is 3.78. The highest BCUT2D eigenvalue weighted by atomic mass is 16.5. The molecule has 0 aliphatic heterocycles. The van der Waals surface area contributed by atoms with Gasteiger partial charge >= 0.3 is 0 Å². The molecule has 0 radical (unpaired) electrons. The Hall–Kier alpha value is -1.81. The van der Waals surface area contributed by atoms with Crippen molar-refractivity contribution >= 4 is 0 Å². The van der Waals surface area contributed by atoms with E-state index in [0.717, 1.165) is 24.5 Å². The summed E-state index contributed by atoms with van der Waals surface area (Å²) < 4.78 is 11.0. The first kappa shape index (κ1) is 13.2. The Morgan fingerprint density at radius 2 is 2.35 bits per heavy atom. The smallest absolute Gasteiger partial charge is 0.174 e. The van der Waals surface area contributed by atoms with Crippen molar-refractivity contribution in [2.45, 2.75) is 38.8 Å². The third-order valence-electron chi connectivity index (χ3n) is 3.78. The van der Waals surface area contributed by atoms with Gasteiger partial charge in [-0.1, -0.05) is 24.2 Å². The molecule has 0 saturated heterocycles. The van der Waals surface area contributed by atoms with Gasteiger partial charge in [-0.2, -0.15) is 0 Å². The Kier molecular flexibility index (Phi) is 4.02. The molecule has 1 aliphatic carbocycles. The lowest BCUT2D eigenvalue weighted by Gasteiger charge is -2.27. The van der Waals surface area contributed by atoms with Crippen molar-refractivity contribution in [3.8, 4) is 5.75 Å². The number of hydrogen-bond acceptors (Lipinski definition) is 4. The van der Waals surface area contributed by atoms with Crippen molar-refractivity contribution in [1.29, 1.82) is 0 Å². The zero-order chi connectivity index (χ0) is 13.8. The van der Waals surface area contributed by atoms with Crippen LogP contribution in [0.1, 0.15) is 42.7 Å². The van der Waals surface area contributed by atoms with Gasteiger partial charge in [0.15, 0.2) is 5.76 Å².